The predicted molar refractivity (Wildman–Crippen MR) is 126 cm³/mol. The van der Waals surface area contributed by atoms with Crippen molar-refractivity contribution < 1.29 is 9.53 Å². The van der Waals surface area contributed by atoms with E-state index < -0.39 is 0 Å². The minimum atomic E-state index is -0.291. The number of hydrogen-bond acceptors (Lipinski definition) is 4. The predicted octanol–water partition coefficient (Wildman–Crippen LogP) is 6.45. The Morgan fingerprint density at radius 2 is 2.00 bits per heavy atom. The molecule has 2 heterocycles. The smallest absolute Gasteiger partial charge is 0.338 e. The number of rotatable bonds is 6. The van der Waals surface area contributed by atoms with Crippen molar-refractivity contribution in [1.82, 2.24) is 14.3 Å². The van der Waals surface area contributed by atoms with E-state index >= 15 is 0 Å². The monoisotopic (exact) mass is 453 g/mol. The molecule has 0 amide bonds. The molecule has 0 atom stereocenters. The Morgan fingerprint density at radius 3 is 2.71 bits per heavy atom. The minimum Gasteiger partial charge on any atom is -0.462 e. The van der Waals surface area contributed by atoms with E-state index in [4.69, 9.17) is 16.3 Å². The van der Waals surface area contributed by atoms with Crippen LogP contribution in [0, 0.1) is 13.8 Å². The molecule has 2 aromatic carbocycles. The highest BCUT2D eigenvalue weighted by atomic mass is 35.5. The summed E-state index contributed by atoms with van der Waals surface area (Å²) in [7, 11) is 0. The standard InChI is InChI=1S/C24H24ClN3O2S/c1-5-27-14-18(13-26-27)28-16(4)23(20-11-10-17(25)12-21(20)28)31-22-9-7-8-19(15(22)3)24(29)30-6-2/h7-14H,5-6H2,1-4H3. The van der Waals surface area contributed by atoms with Gasteiger partial charge >= 0.3 is 5.97 Å². The molecule has 0 saturated heterocycles. The van der Waals surface area contributed by atoms with Gasteiger partial charge in [-0.05, 0) is 57.5 Å². The van der Waals surface area contributed by atoms with Gasteiger partial charge < -0.3 is 9.30 Å². The molecule has 0 N–H and O–H groups in total. The van der Waals surface area contributed by atoms with E-state index in [2.05, 4.69) is 29.6 Å². The van der Waals surface area contributed by atoms with Crippen molar-refractivity contribution in [3.05, 3.63) is 70.6 Å². The zero-order chi connectivity index (χ0) is 22.1. The lowest BCUT2D eigenvalue weighted by molar-refractivity contribution is 0.0525. The number of carbonyl (C=O) groups excluding carboxylic acids is 1. The molecule has 4 aromatic rings. The summed E-state index contributed by atoms with van der Waals surface area (Å²) in [5.41, 5.74) is 4.64. The second-order valence-corrected chi connectivity index (χ2v) is 8.71. The maximum Gasteiger partial charge on any atom is 0.338 e. The molecule has 160 valence electrons. The zero-order valence-corrected chi connectivity index (χ0v) is 19.5. The molecule has 0 aliphatic heterocycles. The van der Waals surface area contributed by atoms with Crippen LogP contribution in [0.4, 0.5) is 0 Å². The molecule has 2 aromatic heterocycles. The lowest BCUT2D eigenvalue weighted by Gasteiger charge is -2.11. The third-order valence-electron chi connectivity index (χ3n) is 5.30. The van der Waals surface area contributed by atoms with Gasteiger partial charge in [-0.2, -0.15) is 5.10 Å². The van der Waals surface area contributed by atoms with Gasteiger partial charge in [-0.3, -0.25) is 4.68 Å². The highest BCUT2D eigenvalue weighted by molar-refractivity contribution is 7.99. The minimum absolute atomic E-state index is 0.291. The molecule has 0 aliphatic carbocycles. The number of nitrogens with zero attached hydrogens (tertiary/aromatic N) is 3. The van der Waals surface area contributed by atoms with Crippen molar-refractivity contribution >= 4 is 40.2 Å². The van der Waals surface area contributed by atoms with Crippen molar-refractivity contribution in [2.75, 3.05) is 6.61 Å². The average molecular weight is 454 g/mol. The van der Waals surface area contributed by atoms with Crippen molar-refractivity contribution in [3.8, 4) is 5.69 Å². The van der Waals surface area contributed by atoms with Gasteiger partial charge in [0, 0.05) is 38.6 Å². The zero-order valence-electron chi connectivity index (χ0n) is 18.0. The molecule has 7 heteroatoms. The van der Waals surface area contributed by atoms with Crippen LogP contribution in [-0.4, -0.2) is 26.9 Å². The molecule has 0 radical (unpaired) electrons. The molecule has 0 saturated carbocycles. The third-order valence-corrected chi connectivity index (χ3v) is 6.92. The van der Waals surface area contributed by atoms with Crippen LogP contribution in [0.2, 0.25) is 5.02 Å². The SMILES string of the molecule is CCOC(=O)c1cccc(Sc2c(C)n(-c3cnn(CC)c3)c3cc(Cl)ccc23)c1C. The highest BCUT2D eigenvalue weighted by Crippen LogP contribution is 2.41. The Morgan fingerprint density at radius 1 is 1.19 bits per heavy atom. The summed E-state index contributed by atoms with van der Waals surface area (Å²) in [4.78, 5) is 14.5. The van der Waals surface area contributed by atoms with Gasteiger partial charge in [0.2, 0.25) is 0 Å². The summed E-state index contributed by atoms with van der Waals surface area (Å²) in [5.74, 6) is -0.291. The van der Waals surface area contributed by atoms with Crippen LogP contribution in [0.15, 0.2) is 58.6 Å². The molecule has 31 heavy (non-hydrogen) atoms. The maximum absolute atomic E-state index is 12.3. The van der Waals surface area contributed by atoms with Gasteiger partial charge in [0.05, 0.1) is 29.6 Å². The lowest BCUT2D eigenvalue weighted by Crippen LogP contribution is -2.07. The quantitative estimate of drug-likeness (QED) is 0.315. The normalized spacial score (nSPS) is 11.3. The molecule has 4 rings (SSSR count). The van der Waals surface area contributed by atoms with Crippen molar-refractivity contribution in [3.63, 3.8) is 0 Å². The number of hydrogen-bond donors (Lipinski definition) is 0. The first-order chi connectivity index (χ1) is 14.9. The number of aryl methyl sites for hydroxylation is 1. The first-order valence-electron chi connectivity index (χ1n) is 10.2. The van der Waals surface area contributed by atoms with E-state index in [1.165, 1.54) is 0 Å². The van der Waals surface area contributed by atoms with Crippen LogP contribution in [0.1, 0.15) is 35.5 Å². The Labute approximate surface area is 191 Å². The fourth-order valence-electron chi connectivity index (χ4n) is 3.73. The van der Waals surface area contributed by atoms with Crippen LogP contribution in [-0.2, 0) is 11.3 Å². The topological polar surface area (TPSA) is 49.1 Å². The van der Waals surface area contributed by atoms with Gasteiger partial charge in [0.1, 0.15) is 0 Å². The van der Waals surface area contributed by atoms with Crippen molar-refractivity contribution in [2.45, 2.75) is 44.0 Å². The van der Waals surface area contributed by atoms with E-state index in [0.717, 1.165) is 44.2 Å². The number of halogens is 1. The number of benzene rings is 2. The fraction of sp³-hybridized carbons (Fsp3) is 0.250. The van der Waals surface area contributed by atoms with Crippen molar-refractivity contribution in [1.29, 1.82) is 0 Å². The first-order valence-corrected chi connectivity index (χ1v) is 11.4. The van der Waals surface area contributed by atoms with Gasteiger partial charge in [0.25, 0.3) is 0 Å². The Bertz CT molecular complexity index is 1280. The van der Waals surface area contributed by atoms with E-state index in [1.54, 1.807) is 11.8 Å². The van der Waals surface area contributed by atoms with E-state index in [0.29, 0.717) is 17.2 Å². The molecule has 0 bridgehead atoms. The number of aromatic nitrogens is 3. The van der Waals surface area contributed by atoms with Crippen molar-refractivity contribution in [2.24, 2.45) is 0 Å². The number of ether oxygens (including phenoxy) is 1. The average Bonchev–Trinajstić information content (AvgIpc) is 3.32. The molecule has 0 unspecified atom stereocenters. The summed E-state index contributed by atoms with van der Waals surface area (Å²) >= 11 is 8.01. The summed E-state index contributed by atoms with van der Waals surface area (Å²) in [6.45, 7) is 9.11. The molecule has 5 nitrogen and oxygen atoms in total. The molecule has 0 fully saturated rings. The molecular weight excluding hydrogens is 430 g/mol. The number of esters is 1. The summed E-state index contributed by atoms with van der Waals surface area (Å²) in [5, 5.41) is 6.24. The number of carbonyl (C=O) groups is 1. The van der Waals surface area contributed by atoms with Gasteiger partial charge in [0.15, 0.2) is 0 Å². The lowest BCUT2D eigenvalue weighted by atomic mass is 10.1. The van der Waals surface area contributed by atoms with Crippen LogP contribution in [0.25, 0.3) is 16.6 Å². The maximum atomic E-state index is 12.3. The molecule has 0 spiro atoms. The van der Waals surface area contributed by atoms with Crippen LogP contribution >= 0.6 is 23.4 Å². The molecular formula is C24H24ClN3O2S. The van der Waals surface area contributed by atoms with Crippen LogP contribution < -0.4 is 0 Å². The van der Waals surface area contributed by atoms with E-state index in [1.807, 2.05) is 61.3 Å². The third kappa shape index (κ3) is 3.98. The summed E-state index contributed by atoms with van der Waals surface area (Å²) in [6.07, 6.45) is 3.91. The van der Waals surface area contributed by atoms with Gasteiger partial charge in [-0.25, -0.2) is 4.79 Å². The van der Waals surface area contributed by atoms with E-state index in [-0.39, 0.29) is 5.97 Å². The van der Waals surface area contributed by atoms with Gasteiger partial charge in [-0.15, -0.1) is 0 Å². The van der Waals surface area contributed by atoms with Gasteiger partial charge in [-0.1, -0.05) is 35.5 Å². The second kappa shape index (κ2) is 8.81. The number of fused-ring (bicyclic) bond motifs is 1. The summed E-state index contributed by atoms with van der Waals surface area (Å²) < 4.78 is 9.32. The van der Waals surface area contributed by atoms with Crippen LogP contribution in [0.5, 0.6) is 0 Å². The summed E-state index contributed by atoms with van der Waals surface area (Å²) in [6, 6.07) is 11.7. The van der Waals surface area contributed by atoms with E-state index in [9.17, 15) is 4.79 Å². The molecule has 0 aliphatic rings. The Kier molecular flexibility index (Phi) is 6.12. The highest BCUT2D eigenvalue weighted by Gasteiger charge is 2.20. The fourth-order valence-corrected chi connectivity index (χ4v) is 5.04. The Balaban J connectivity index is 1.85. The first kappa shape index (κ1) is 21.5. The Hall–Kier alpha value is -2.70. The largest absolute Gasteiger partial charge is 0.462 e. The van der Waals surface area contributed by atoms with Crippen LogP contribution in [0.3, 0.4) is 0 Å². The second-order valence-electron chi connectivity index (χ2n) is 7.22.